The van der Waals surface area contributed by atoms with E-state index in [0.29, 0.717) is 30.1 Å². The van der Waals surface area contributed by atoms with E-state index in [-0.39, 0.29) is 24.1 Å². The van der Waals surface area contributed by atoms with Crippen LogP contribution >= 0.6 is 11.3 Å². The Bertz CT molecular complexity index is 1090. The number of carbonyl (C=O) groups excluding carboxylic acids is 1. The van der Waals surface area contributed by atoms with E-state index < -0.39 is 10.0 Å². The summed E-state index contributed by atoms with van der Waals surface area (Å²) in [6.07, 6.45) is 5.60. The highest BCUT2D eigenvalue weighted by Crippen LogP contribution is 2.35. The van der Waals surface area contributed by atoms with Crippen LogP contribution in [0.5, 0.6) is 5.75 Å². The van der Waals surface area contributed by atoms with E-state index in [1.54, 1.807) is 29.5 Å². The molecule has 7 nitrogen and oxygen atoms in total. The lowest BCUT2D eigenvalue weighted by Crippen LogP contribution is -2.38. The molecular weight excluding hydrogens is 434 g/mol. The maximum atomic E-state index is 12.9. The van der Waals surface area contributed by atoms with Crippen molar-refractivity contribution in [2.45, 2.75) is 25.3 Å². The standard InChI is InChI=1S/C22H25N3O4S2/c1-29-21-7-6-18(14-20(21)25-11-4-5-13-31(25,27)28)23-22(26)15-19(17-8-12-30-16-17)24-9-2-3-10-24/h2-3,6-10,12,14,16,19H,4-5,11,13,15H2,1H3,(H,23,26). The van der Waals surface area contributed by atoms with Crippen molar-refractivity contribution in [1.29, 1.82) is 0 Å². The van der Waals surface area contributed by atoms with E-state index in [0.717, 1.165) is 12.0 Å². The van der Waals surface area contributed by atoms with Crippen molar-refractivity contribution in [3.8, 4) is 5.75 Å². The number of methoxy groups -OCH3 is 1. The van der Waals surface area contributed by atoms with Crippen molar-refractivity contribution in [2.24, 2.45) is 0 Å². The van der Waals surface area contributed by atoms with Crippen LogP contribution in [0.4, 0.5) is 11.4 Å². The average Bonchev–Trinajstić information content (AvgIpc) is 3.46. The van der Waals surface area contributed by atoms with Gasteiger partial charge >= 0.3 is 0 Å². The summed E-state index contributed by atoms with van der Waals surface area (Å²) in [6, 6.07) is 10.9. The number of hydrogen-bond donors (Lipinski definition) is 1. The van der Waals surface area contributed by atoms with Crippen LogP contribution in [-0.2, 0) is 14.8 Å². The van der Waals surface area contributed by atoms with E-state index in [9.17, 15) is 13.2 Å². The first-order valence-electron chi connectivity index (χ1n) is 10.1. The molecule has 9 heteroatoms. The molecule has 3 heterocycles. The second-order valence-corrected chi connectivity index (χ2v) is 10.2. The molecule has 164 valence electrons. The van der Waals surface area contributed by atoms with Crippen molar-refractivity contribution in [1.82, 2.24) is 4.57 Å². The Morgan fingerprint density at radius 1 is 1.23 bits per heavy atom. The Morgan fingerprint density at radius 3 is 2.71 bits per heavy atom. The summed E-state index contributed by atoms with van der Waals surface area (Å²) in [7, 11) is -1.88. The van der Waals surface area contributed by atoms with Crippen molar-refractivity contribution in [2.75, 3.05) is 29.0 Å². The molecule has 3 aromatic rings. The summed E-state index contributed by atoms with van der Waals surface area (Å²) in [6.45, 7) is 0.407. The van der Waals surface area contributed by atoms with E-state index in [4.69, 9.17) is 4.74 Å². The molecular formula is C22H25N3O4S2. The number of benzene rings is 1. The molecule has 1 saturated heterocycles. The Morgan fingerprint density at radius 2 is 2.03 bits per heavy atom. The van der Waals surface area contributed by atoms with Crippen molar-refractivity contribution < 1.29 is 17.9 Å². The lowest BCUT2D eigenvalue weighted by molar-refractivity contribution is -0.116. The zero-order valence-electron chi connectivity index (χ0n) is 17.2. The zero-order chi connectivity index (χ0) is 21.8. The average molecular weight is 460 g/mol. The van der Waals surface area contributed by atoms with Crippen LogP contribution in [0.1, 0.15) is 30.9 Å². The van der Waals surface area contributed by atoms with Gasteiger partial charge in [0.15, 0.2) is 0 Å². The zero-order valence-corrected chi connectivity index (χ0v) is 18.9. The van der Waals surface area contributed by atoms with Crippen LogP contribution < -0.4 is 14.4 Å². The van der Waals surface area contributed by atoms with Gasteiger partial charge in [0.2, 0.25) is 15.9 Å². The van der Waals surface area contributed by atoms with Gasteiger partial charge in [0, 0.05) is 24.6 Å². The van der Waals surface area contributed by atoms with Gasteiger partial charge in [-0.25, -0.2) is 8.42 Å². The molecule has 0 saturated carbocycles. The number of sulfonamides is 1. The number of amides is 1. The molecule has 1 unspecified atom stereocenters. The monoisotopic (exact) mass is 459 g/mol. The highest BCUT2D eigenvalue weighted by atomic mass is 32.2. The van der Waals surface area contributed by atoms with Crippen LogP contribution in [0.15, 0.2) is 59.6 Å². The summed E-state index contributed by atoms with van der Waals surface area (Å²) < 4.78 is 33.9. The summed E-state index contributed by atoms with van der Waals surface area (Å²) in [5.74, 6) is 0.431. The number of nitrogens with zero attached hydrogens (tertiary/aromatic N) is 2. The molecule has 1 aliphatic rings. The number of hydrogen-bond acceptors (Lipinski definition) is 5. The molecule has 0 bridgehead atoms. The fourth-order valence-corrected chi connectivity index (χ4v) is 6.17. The summed E-state index contributed by atoms with van der Waals surface area (Å²) in [4.78, 5) is 12.9. The molecule has 2 aromatic heterocycles. The largest absolute Gasteiger partial charge is 0.495 e. The molecule has 1 atom stereocenters. The number of nitrogens with one attached hydrogen (secondary N) is 1. The third-order valence-electron chi connectivity index (χ3n) is 5.37. The van der Waals surface area contributed by atoms with Gasteiger partial charge in [-0.2, -0.15) is 11.3 Å². The number of carbonyl (C=O) groups is 1. The maximum Gasteiger partial charge on any atom is 0.235 e. The Labute approximate surface area is 186 Å². The fourth-order valence-electron chi connectivity index (χ4n) is 3.83. The first-order chi connectivity index (χ1) is 15.0. The summed E-state index contributed by atoms with van der Waals surface area (Å²) >= 11 is 1.60. The molecule has 1 aromatic carbocycles. The summed E-state index contributed by atoms with van der Waals surface area (Å²) in [5.41, 5.74) is 2.07. The molecule has 0 radical (unpaired) electrons. The van der Waals surface area contributed by atoms with Crippen LogP contribution in [0.3, 0.4) is 0 Å². The second-order valence-electron chi connectivity index (χ2n) is 7.44. The third-order valence-corrected chi connectivity index (χ3v) is 7.93. The SMILES string of the molecule is COc1ccc(NC(=O)CC(c2ccsc2)n2cccc2)cc1N1CCCCS1(=O)=O. The first-order valence-corrected chi connectivity index (χ1v) is 12.7. The topological polar surface area (TPSA) is 80.6 Å². The highest BCUT2D eigenvalue weighted by Gasteiger charge is 2.28. The molecule has 31 heavy (non-hydrogen) atoms. The van der Waals surface area contributed by atoms with Crippen LogP contribution in [0.25, 0.3) is 0 Å². The minimum atomic E-state index is -3.39. The van der Waals surface area contributed by atoms with Gasteiger partial charge in [-0.3, -0.25) is 9.10 Å². The van der Waals surface area contributed by atoms with Gasteiger partial charge in [0.1, 0.15) is 5.75 Å². The van der Waals surface area contributed by atoms with Crippen LogP contribution in [0, 0.1) is 0 Å². The number of rotatable bonds is 7. The minimum absolute atomic E-state index is 0.110. The first kappa shape index (κ1) is 21.5. The van der Waals surface area contributed by atoms with Crippen LogP contribution in [0.2, 0.25) is 0 Å². The third kappa shape index (κ3) is 4.77. The summed E-state index contributed by atoms with van der Waals surface area (Å²) in [5, 5.41) is 6.97. The normalized spacial score (nSPS) is 16.6. The van der Waals surface area contributed by atoms with Gasteiger partial charge in [0.25, 0.3) is 0 Å². The van der Waals surface area contributed by atoms with Gasteiger partial charge in [-0.05, 0) is 65.6 Å². The van der Waals surface area contributed by atoms with Gasteiger partial charge in [-0.1, -0.05) is 0 Å². The molecule has 0 aliphatic carbocycles. The lowest BCUT2D eigenvalue weighted by atomic mass is 10.1. The maximum absolute atomic E-state index is 12.9. The number of thiophene rings is 1. The van der Waals surface area contributed by atoms with Crippen molar-refractivity contribution in [3.63, 3.8) is 0 Å². The lowest BCUT2D eigenvalue weighted by Gasteiger charge is -2.29. The van der Waals surface area contributed by atoms with E-state index in [1.807, 2.05) is 45.9 Å². The van der Waals surface area contributed by atoms with Crippen molar-refractivity contribution in [3.05, 3.63) is 65.1 Å². The van der Waals surface area contributed by atoms with E-state index in [2.05, 4.69) is 5.32 Å². The smallest absolute Gasteiger partial charge is 0.235 e. The van der Waals surface area contributed by atoms with Gasteiger partial charge in [-0.15, -0.1) is 0 Å². The quantitative estimate of drug-likeness (QED) is 0.577. The van der Waals surface area contributed by atoms with Crippen molar-refractivity contribution >= 4 is 38.6 Å². The predicted octanol–water partition coefficient (Wildman–Crippen LogP) is 4.11. The van der Waals surface area contributed by atoms with Gasteiger partial charge < -0.3 is 14.6 Å². The molecule has 0 spiro atoms. The van der Waals surface area contributed by atoms with Gasteiger partial charge in [0.05, 0.1) is 31.0 Å². The highest BCUT2D eigenvalue weighted by molar-refractivity contribution is 7.92. The Hall–Kier alpha value is -2.78. The molecule has 4 rings (SSSR count). The fraction of sp³-hybridized carbons (Fsp3) is 0.318. The Balaban J connectivity index is 1.55. The van der Waals surface area contributed by atoms with Crippen LogP contribution in [-0.4, -0.2) is 38.3 Å². The van der Waals surface area contributed by atoms with E-state index >= 15 is 0 Å². The van der Waals surface area contributed by atoms with E-state index in [1.165, 1.54) is 11.4 Å². The molecule has 1 aliphatic heterocycles. The number of anilines is 2. The minimum Gasteiger partial charge on any atom is -0.495 e. The Kier molecular flexibility index (Phi) is 6.33. The second kappa shape index (κ2) is 9.15. The number of ether oxygens (including phenoxy) is 1. The molecule has 1 fully saturated rings. The molecule has 1 N–H and O–H groups in total. The number of aromatic nitrogens is 1. The predicted molar refractivity (Wildman–Crippen MR) is 123 cm³/mol. The molecule has 1 amide bonds.